The van der Waals surface area contributed by atoms with Gasteiger partial charge in [0.2, 0.25) is 0 Å². The second kappa shape index (κ2) is 9.89. The number of hydrogen-bond acceptors (Lipinski definition) is 6. The first-order chi connectivity index (χ1) is 13.3. The third kappa shape index (κ3) is 5.69. The molecule has 1 aliphatic heterocycles. The quantitative estimate of drug-likeness (QED) is 0.495. The summed E-state index contributed by atoms with van der Waals surface area (Å²) in [4.78, 5) is 26.9. The van der Waals surface area contributed by atoms with Crippen molar-refractivity contribution in [2.75, 3.05) is 13.2 Å². The molecule has 1 saturated heterocycles. The number of carbonyl (C=O) groups excluding carboxylic acids is 2. The molecule has 28 heavy (non-hydrogen) atoms. The molecule has 1 amide bonds. The zero-order chi connectivity index (χ0) is 20.7. The monoisotopic (exact) mass is 393 g/mol. The molecule has 0 radical (unpaired) electrons. The fraction of sp³-hybridized carbons (Fsp3) is 0.619. The SMILES string of the molecule is CCOC(C[C@H]1C(=O)O[C@@H](C(C)(C)C)N1C(=O)OCc1ccccc1)OCC. The molecule has 1 fully saturated rings. The lowest BCUT2D eigenvalue weighted by Gasteiger charge is -2.34. The molecule has 156 valence electrons. The fourth-order valence-corrected chi connectivity index (χ4v) is 3.08. The van der Waals surface area contributed by atoms with Crippen LogP contribution in [0.25, 0.3) is 0 Å². The molecule has 1 aromatic carbocycles. The van der Waals surface area contributed by atoms with Crippen molar-refractivity contribution in [3.05, 3.63) is 35.9 Å². The summed E-state index contributed by atoms with van der Waals surface area (Å²) in [5, 5.41) is 0. The lowest BCUT2D eigenvalue weighted by atomic mass is 9.93. The van der Waals surface area contributed by atoms with E-state index in [0.717, 1.165) is 5.56 Å². The smallest absolute Gasteiger partial charge is 0.413 e. The van der Waals surface area contributed by atoms with Crippen LogP contribution in [0, 0.1) is 5.41 Å². The highest BCUT2D eigenvalue weighted by molar-refractivity contribution is 5.84. The summed E-state index contributed by atoms with van der Waals surface area (Å²) < 4.78 is 22.2. The van der Waals surface area contributed by atoms with E-state index in [-0.39, 0.29) is 13.0 Å². The molecular weight excluding hydrogens is 362 g/mol. The molecule has 0 unspecified atom stereocenters. The van der Waals surface area contributed by atoms with Crippen molar-refractivity contribution in [3.63, 3.8) is 0 Å². The van der Waals surface area contributed by atoms with Gasteiger partial charge in [-0.05, 0) is 19.4 Å². The Labute approximate surface area is 166 Å². The van der Waals surface area contributed by atoms with Crippen LogP contribution in [0.2, 0.25) is 0 Å². The van der Waals surface area contributed by atoms with Crippen LogP contribution in [0.4, 0.5) is 4.79 Å². The van der Waals surface area contributed by atoms with Crippen molar-refractivity contribution in [2.45, 2.75) is 66.2 Å². The standard InChI is InChI=1S/C21H31NO6/c1-6-25-17(26-7-2)13-16-18(23)28-19(21(3,4)5)22(16)20(24)27-14-15-11-9-8-10-12-15/h8-12,16-17,19H,6-7,13-14H2,1-5H3/t16-,19-/m0/s1. The normalized spacial score (nSPS) is 19.8. The summed E-state index contributed by atoms with van der Waals surface area (Å²) in [6.45, 7) is 10.4. The third-order valence-corrected chi connectivity index (χ3v) is 4.37. The number of benzene rings is 1. The van der Waals surface area contributed by atoms with Crippen LogP contribution in [-0.2, 0) is 30.3 Å². The molecular formula is C21H31NO6. The van der Waals surface area contributed by atoms with Gasteiger partial charge >= 0.3 is 12.1 Å². The van der Waals surface area contributed by atoms with Gasteiger partial charge in [0.05, 0.1) is 0 Å². The average Bonchev–Trinajstić information content (AvgIpc) is 2.98. The summed E-state index contributed by atoms with van der Waals surface area (Å²) in [6.07, 6.45) is -1.73. The van der Waals surface area contributed by atoms with Gasteiger partial charge in [-0.1, -0.05) is 51.1 Å². The van der Waals surface area contributed by atoms with Gasteiger partial charge in [-0.2, -0.15) is 0 Å². The minimum atomic E-state index is -0.824. The van der Waals surface area contributed by atoms with Crippen molar-refractivity contribution in [1.29, 1.82) is 0 Å². The zero-order valence-corrected chi connectivity index (χ0v) is 17.3. The highest BCUT2D eigenvalue weighted by atomic mass is 16.7. The molecule has 0 spiro atoms. The minimum Gasteiger partial charge on any atom is -0.444 e. The van der Waals surface area contributed by atoms with Crippen LogP contribution in [0.3, 0.4) is 0 Å². The zero-order valence-electron chi connectivity index (χ0n) is 17.3. The Morgan fingerprint density at radius 3 is 2.29 bits per heavy atom. The number of amides is 1. The molecule has 0 aromatic heterocycles. The van der Waals surface area contributed by atoms with Crippen LogP contribution < -0.4 is 0 Å². The van der Waals surface area contributed by atoms with Crippen LogP contribution in [-0.4, -0.2) is 48.7 Å². The Kier molecular flexibility index (Phi) is 7.83. The molecule has 1 aromatic rings. The van der Waals surface area contributed by atoms with Crippen molar-refractivity contribution in [1.82, 2.24) is 4.90 Å². The van der Waals surface area contributed by atoms with Crippen LogP contribution >= 0.6 is 0 Å². The van der Waals surface area contributed by atoms with Gasteiger partial charge in [0, 0.05) is 25.0 Å². The van der Waals surface area contributed by atoms with Crippen molar-refractivity contribution < 1.29 is 28.5 Å². The lowest BCUT2D eigenvalue weighted by Crippen LogP contribution is -2.49. The van der Waals surface area contributed by atoms with E-state index in [0.29, 0.717) is 13.2 Å². The predicted molar refractivity (Wildman–Crippen MR) is 103 cm³/mol. The van der Waals surface area contributed by atoms with Gasteiger partial charge in [-0.25, -0.2) is 9.59 Å². The van der Waals surface area contributed by atoms with Crippen LogP contribution in [0.5, 0.6) is 0 Å². The Hall–Kier alpha value is -2.12. The Morgan fingerprint density at radius 1 is 1.14 bits per heavy atom. The second-order valence-corrected chi connectivity index (χ2v) is 7.69. The van der Waals surface area contributed by atoms with E-state index in [4.69, 9.17) is 18.9 Å². The molecule has 7 heteroatoms. The fourth-order valence-electron chi connectivity index (χ4n) is 3.08. The van der Waals surface area contributed by atoms with E-state index in [1.165, 1.54) is 4.90 Å². The Morgan fingerprint density at radius 2 is 1.75 bits per heavy atom. The molecule has 0 saturated carbocycles. The summed E-state index contributed by atoms with van der Waals surface area (Å²) in [6, 6.07) is 8.57. The van der Waals surface area contributed by atoms with Crippen LogP contribution in [0.1, 0.15) is 46.6 Å². The maximum absolute atomic E-state index is 12.9. The van der Waals surface area contributed by atoms with Gasteiger partial charge < -0.3 is 18.9 Å². The van der Waals surface area contributed by atoms with E-state index in [2.05, 4.69) is 0 Å². The number of carbonyl (C=O) groups is 2. The Bertz CT molecular complexity index is 636. The molecule has 0 aliphatic carbocycles. The third-order valence-electron chi connectivity index (χ3n) is 4.37. The van der Waals surface area contributed by atoms with Crippen molar-refractivity contribution >= 4 is 12.1 Å². The number of cyclic esters (lactones) is 1. The van der Waals surface area contributed by atoms with Gasteiger partial charge in [0.25, 0.3) is 0 Å². The second-order valence-electron chi connectivity index (χ2n) is 7.69. The van der Waals surface area contributed by atoms with Gasteiger partial charge in [-0.3, -0.25) is 4.90 Å². The Balaban J connectivity index is 2.18. The first-order valence-corrected chi connectivity index (χ1v) is 9.70. The first-order valence-electron chi connectivity index (χ1n) is 9.70. The molecule has 2 atom stereocenters. The van der Waals surface area contributed by atoms with E-state index in [1.54, 1.807) is 0 Å². The van der Waals surface area contributed by atoms with Crippen molar-refractivity contribution in [3.8, 4) is 0 Å². The number of rotatable bonds is 8. The molecule has 1 aliphatic rings. The number of esters is 1. The lowest BCUT2D eigenvalue weighted by molar-refractivity contribution is -0.155. The number of hydrogen-bond donors (Lipinski definition) is 0. The predicted octanol–water partition coefficient (Wildman–Crippen LogP) is 3.71. The average molecular weight is 393 g/mol. The summed E-state index contributed by atoms with van der Waals surface area (Å²) in [5.74, 6) is -0.471. The van der Waals surface area contributed by atoms with E-state index in [9.17, 15) is 9.59 Å². The first kappa shape index (κ1) is 22.2. The molecule has 0 bridgehead atoms. The maximum Gasteiger partial charge on any atom is 0.413 e. The maximum atomic E-state index is 12.9. The van der Waals surface area contributed by atoms with Gasteiger partial charge in [0.15, 0.2) is 12.5 Å². The topological polar surface area (TPSA) is 74.3 Å². The highest BCUT2D eigenvalue weighted by Gasteiger charge is 2.51. The minimum absolute atomic E-state index is 0.119. The van der Waals surface area contributed by atoms with Crippen molar-refractivity contribution in [2.24, 2.45) is 5.41 Å². The number of ether oxygens (including phenoxy) is 4. The van der Waals surface area contributed by atoms with E-state index < -0.39 is 36.0 Å². The number of nitrogens with zero attached hydrogens (tertiary/aromatic N) is 1. The van der Waals surface area contributed by atoms with Gasteiger partial charge in [0.1, 0.15) is 12.6 Å². The van der Waals surface area contributed by atoms with E-state index >= 15 is 0 Å². The molecule has 0 N–H and O–H groups in total. The van der Waals surface area contributed by atoms with Gasteiger partial charge in [-0.15, -0.1) is 0 Å². The highest BCUT2D eigenvalue weighted by Crippen LogP contribution is 2.35. The molecule has 7 nitrogen and oxygen atoms in total. The summed E-state index contributed by atoms with van der Waals surface area (Å²) in [7, 11) is 0. The largest absolute Gasteiger partial charge is 0.444 e. The molecule has 2 rings (SSSR count). The molecule has 1 heterocycles. The van der Waals surface area contributed by atoms with Crippen LogP contribution in [0.15, 0.2) is 30.3 Å². The summed E-state index contributed by atoms with van der Waals surface area (Å²) >= 11 is 0. The summed E-state index contributed by atoms with van der Waals surface area (Å²) in [5.41, 5.74) is 0.399. The van der Waals surface area contributed by atoms with E-state index in [1.807, 2.05) is 65.0 Å².